The second kappa shape index (κ2) is 18.2. The first-order chi connectivity index (χ1) is 23.1. The van der Waals surface area contributed by atoms with Crippen molar-refractivity contribution in [1.82, 2.24) is 35.0 Å². The second-order valence-electron chi connectivity index (χ2n) is 11.9. The summed E-state index contributed by atoms with van der Waals surface area (Å²) in [4.78, 5) is 35.3. The number of nitrogens with zero attached hydrogens (tertiary/aromatic N) is 5. The topological polar surface area (TPSA) is 136 Å². The van der Waals surface area contributed by atoms with Crippen LogP contribution in [0, 0.1) is 0 Å². The third-order valence-corrected chi connectivity index (χ3v) is 8.50. The van der Waals surface area contributed by atoms with Crippen molar-refractivity contribution >= 4 is 34.3 Å². The lowest BCUT2D eigenvalue weighted by Crippen LogP contribution is -2.20. The van der Waals surface area contributed by atoms with Crippen LogP contribution in [0.2, 0.25) is 0 Å². The fraction of sp³-hybridized carbons (Fsp3) is 0.333. The van der Waals surface area contributed by atoms with E-state index in [0.29, 0.717) is 0 Å². The van der Waals surface area contributed by atoms with Crippen LogP contribution < -0.4 is 10.6 Å². The number of para-hydroxylation sites is 1. The summed E-state index contributed by atoms with van der Waals surface area (Å²) in [6, 6.07) is 25.7. The minimum atomic E-state index is -1.82. The average molecular weight is 672 g/mol. The molecule has 3 heterocycles. The average Bonchev–Trinajstić information content (AvgIpc) is 3.72. The molecular weight excluding hydrogens is 627 g/mol. The van der Waals surface area contributed by atoms with Crippen LogP contribution in [0.5, 0.6) is 0 Å². The Morgan fingerprint density at radius 3 is 2.00 bits per heavy atom. The third kappa shape index (κ3) is 10.8. The molecule has 3 aromatic heterocycles. The molecule has 0 amide bonds. The number of carboxylic acid groups (broad SMARTS) is 2. The maximum atomic E-state index is 9.10. The van der Waals surface area contributed by atoms with Crippen LogP contribution >= 0.6 is 11.3 Å². The van der Waals surface area contributed by atoms with Crippen molar-refractivity contribution in [3.63, 3.8) is 0 Å². The van der Waals surface area contributed by atoms with Crippen LogP contribution in [-0.2, 0) is 22.7 Å². The van der Waals surface area contributed by atoms with Crippen LogP contribution in [-0.4, -0.2) is 101 Å². The molecule has 5 aromatic rings. The van der Waals surface area contributed by atoms with Crippen LogP contribution in [0.25, 0.3) is 38.7 Å². The molecule has 2 aromatic carbocycles. The van der Waals surface area contributed by atoms with Gasteiger partial charge in [-0.3, -0.25) is 0 Å². The Hall–Kier alpha value is -4.46. The fourth-order valence-corrected chi connectivity index (χ4v) is 5.91. The number of rotatable bonds is 15. The van der Waals surface area contributed by atoms with Gasteiger partial charge in [-0.2, -0.15) is 0 Å². The van der Waals surface area contributed by atoms with Gasteiger partial charge in [-0.25, -0.2) is 19.6 Å². The van der Waals surface area contributed by atoms with Gasteiger partial charge in [-0.05, 0) is 103 Å². The van der Waals surface area contributed by atoms with E-state index in [2.05, 4.69) is 126 Å². The van der Waals surface area contributed by atoms with Crippen molar-refractivity contribution in [2.24, 2.45) is 0 Å². The Morgan fingerprint density at radius 2 is 1.40 bits per heavy atom. The molecule has 0 aliphatic carbocycles. The van der Waals surface area contributed by atoms with E-state index in [0.717, 1.165) is 90.8 Å². The van der Waals surface area contributed by atoms with Crippen molar-refractivity contribution in [3.05, 3.63) is 89.4 Å². The molecule has 48 heavy (non-hydrogen) atoms. The van der Waals surface area contributed by atoms with Crippen molar-refractivity contribution in [2.45, 2.75) is 25.9 Å². The predicted octanol–water partition coefficient (Wildman–Crippen LogP) is 5.05. The normalized spacial score (nSPS) is 11.2. The first-order valence-corrected chi connectivity index (χ1v) is 16.7. The smallest absolute Gasteiger partial charge is 0.414 e. The molecule has 0 saturated carbocycles. The maximum absolute atomic E-state index is 9.10. The number of fused-ring (bicyclic) bond motifs is 1. The van der Waals surface area contributed by atoms with Crippen LogP contribution in [0.15, 0.2) is 79.0 Å². The highest BCUT2D eigenvalue weighted by atomic mass is 32.1. The van der Waals surface area contributed by atoms with Gasteiger partial charge in [0.2, 0.25) is 0 Å². The predicted molar refractivity (Wildman–Crippen MR) is 193 cm³/mol. The van der Waals surface area contributed by atoms with E-state index in [4.69, 9.17) is 29.8 Å². The SMILES string of the molecule is CN(C)CCCNCc1ccc(-c2nc(-c3ccc(CNCCCN(C)C)s3)nc3c2ccn3-c2ccccc2)cc1.O=C(O)C(=O)O. The van der Waals surface area contributed by atoms with Gasteiger partial charge >= 0.3 is 11.9 Å². The molecule has 254 valence electrons. The maximum Gasteiger partial charge on any atom is 0.414 e. The lowest BCUT2D eigenvalue weighted by atomic mass is 10.1. The summed E-state index contributed by atoms with van der Waals surface area (Å²) in [5.74, 6) is -2.88. The summed E-state index contributed by atoms with van der Waals surface area (Å²) < 4.78 is 2.16. The molecule has 12 heteroatoms. The van der Waals surface area contributed by atoms with Crippen LogP contribution in [0.1, 0.15) is 23.3 Å². The molecule has 0 aliphatic rings. The number of aliphatic carboxylic acids is 2. The lowest BCUT2D eigenvalue weighted by Gasteiger charge is -2.11. The first kappa shape index (κ1) is 36.4. The number of hydrogen-bond acceptors (Lipinski definition) is 9. The first-order valence-electron chi connectivity index (χ1n) is 15.9. The summed E-state index contributed by atoms with van der Waals surface area (Å²) in [6.07, 6.45) is 4.38. The minimum Gasteiger partial charge on any atom is -0.473 e. The van der Waals surface area contributed by atoms with E-state index in [1.165, 1.54) is 10.4 Å². The standard InChI is InChI=1S/C34H43N7S.C2H2O4/c1-39(2)21-8-19-35-24-26-12-14-27(15-13-26)32-30-18-23-41(28-10-6-5-7-11-28)34(30)38-33(37-32)31-17-16-29(42-31)25-36-20-9-22-40(3)4;3-1(4)2(5)6/h5-7,10-18,23,35-36H,8-9,19-22,24-25H2,1-4H3;(H,3,4)(H,5,6). The van der Waals surface area contributed by atoms with E-state index < -0.39 is 11.9 Å². The van der Waals surface area contributed by atoms with Gasteiger partial charge in [0.15, 0.2) is 5.82 Å². The Bertz CT molecular complexity index is 1740. The van der Waals surface area contributed by atoms with Crippen molar-refractivity contribution in [1.29, 1.82) is 0 Å². The molecule has 0 bridgehead atoms. The number of aromatic nitrogens is 3. The molecule has 5 rings (SSSR count). The zero-order valence-electron chi connectivity index (χ0n) is 28.0. The largest absolute Gasteiger partial charge is 0.473 e. The van der Waals surface area contributed by atoms with Crippen LogP contribution in [0.4, 0.5) is 0 Å². The molecule has 0 fully saturated rings. The lowest BCUT2D eigenvalue weighted by molar-refractivity contribution is -0.159. The Labute approximate surface area is 285 Å². The minimum absolute atomic E-state index is 0.767. The van der Waals surface area contributed by atoms with E-state index in [9.17, 15) is 0 Å². The monoisotopic (exact) mass is 671 g/mol. The summed E-state index contributed by atoms with van der Waals surface area (Å²) in [7, 11) is 8.47. The molecule has 11 nitrogen and oxygen atoms in total. The molecule has 0 unspecified atom stereocenters. The molecule has 0 atom stereocenters. The number of thiophene rings is 1. The quantitative estimate of drug-likeness (QED) is 0.0884. The second-order valence-corrected chi connectivity index (χ2v) is 13.1. The number of hydrogen-bond donors (Lipinski definition) is 4. The van der Waals surface area contributed by atoms with E-state index in [1.807, 2.05) is 6.07 Å². The van der Waals surface area contributed by atoms with Crippen molar-refractivity contribution in [2.75, 3.05) is 54.4 Å². The number of nitrogens with one attached hydrogen (secondary N) is 2. The van der Waals surface area contributed by atoms with E-state index >= 15 is 0 Å². The Morgan fingerprint density at radius 1 is 0.771 bits per heavy atom. The summed E-state index contributed by atoms with van der Waals surface area (Å²) >= 11 is 1.77. The molecule has 0 aliphatic heterocycles. The van der Waals surface area contributed by atoms with Gasteiger partial charge < -0.3 is 35.2 Å². The molecule has 0 radical (unpaired) electrons. The number of carbonyl (C=O) groups is 2. The molecule has 0 saturated heterocycles. The van der Waals surface area contributed by atoms with Gasteiger partial charge in [0.1, 0.15) is 5.65 Å². The van der Waals surface area contributed by atoms with Gasteiger partial charge in [-0.1, -0.05) is 42.5 Å². The highest BCUT2D eigenvalue weighted by Crippen LogP contribution is 2.33. The zero-order chi connectivity index (χ0) is 34.5. The Kier molecular flexibility index (Phi) is 13.8. The van der Waals surface area contributed by atoms with E-state index in [-0.39, 0.29) is 0 Å². The third-order valence-electron chi connectivity index (χ3n) is 7.42. The summed E-state index contributed by atoms with van der Waals surface area (Å²) in [6.45, 7) is 5.93. The highest BCUT2D eigenvalue weighted by Gasteiger charge is 2.17. The van der Waals surface area contributed by atoms with Crippen molar-refractivity contribution < 1.29 is 19.8 Å². The van der Waals surface area contributed by atoms with Gasteiger partial charge in [0.25, 0.3) is 0 Å². The fourth-order valence-electron chi connectivity index (χ4n) is 5.00. The van der Waals surface area contributed by atoms with Gasteiger partial charge in [-0.15, -0.1) is 11.3 Å². The summed E-state index contributed by atoms with van der Waals surface area (Å²) in [5.41, 5.74) is 5.35. The van der Waals surface area contributed by atoms with Crippen LogP contribution in [0.3, 0.4) is 0 Å². The van der Waals surface area contributed by atoms with E-state index in [1.54, 1.807) is 11.3 Å². The van der Waals surface area contributed by atoms with Crippen molar-refractivity contribution in [3.8, 4) is 27.6 Å². The number of benzene rings is 2. The number of carboxylic acids is 2. The zero-order valence-corrected chi connectivity index (χ0v) is 28.8. The Balaban J connectivity index is 0.000000794. The molecular formula is C36H45N7O4S. The molecule has 0 spiro atoms. The van der Waals surface area contributed by atoms with Gasteiger partial charge in [0, 0.05) is 40.8 Å². The highest BCUT2D eigenvalue weighted by molar-refractivity contribution is 7.15. The summed E-state index contributed by atoms with van der Waals surface area (Å²) in [5, 5.41) is 23.0. The molecule has 4 N–H and O–H groups in total. The van der Waals surface area contributed by atoms with Gasteiger partial charge in [0.05, 0.1) is 10.6 Å².